The van der Waals surface area contributed by atoms with Crippen LogP contribution in [0, 0.1) is 5.92 Å². The molecule has 1 aliphatic heterocycles. The van der Waals surface area contributed by atoms with E-state index in [0.29, 0.717) is 11.7 Å². The van der Waals surface area contributed by atoms with Gasteiger partial charge in [-0.25, -0.2) is 4.98 Å². The molecule has 0 unspecified atom stereocenters. The number of nitrogen functional groups attached to an aromatic ring is 1. The number of carbonyl (C=O) groups is 1. The van der Waals surface area contributed by atoms with E-state index in [9.17, 15) is 4.79 Å². The lowest BCUT2D eigenvalue weighted by Gasteiger charge is -2.22. The number of allylic oxidation sites excluding steroid dienone is 1. The third-order valence-corrected chi connectivity index (χ3v) is 5.27. The summed E-state index contributed by atoms with van der Waals surface area (Å²) in [5.41, 5.74) is 9.97. The van der Waals surface area contributed by atoms with Crippen LogP contribution >= 0.6 is 0 Å². The molecule has 0 amide bonds. The summed E-state index contributed by atoms with van der Waals surface area (Å²) >= 11 is 0. The summed E-state index contributed by atoms with van der Waals surface area (Å²) < 4.78 is 5.45. The van der Waals surface area contributed by atoms with Gasteiger partial charge in [0.2, 0.25) is 0 Å². The first-order valence-corrected chi connectivity index (χ1v) is 11.1. The first-order valence-electron chi connectivity index (χ1n) is 11.1. The Morgan fingerprint density at radius 3 is 2.60 bits per heavy atom. The highest BCUT2D eigenvalue weighted by atomic mass is 16.5. The molecule has 0 atom stereocenters. The maximum Gasteiger partial charge on any atom is 0.162 e. The lowest BCUT2D eigenvalue weighted by atomic mass is 9.92. The van der Waals surface area contributed by atoms with Crippen molar-refractivity contribution in [1.29, 1.82) is 0 Å². The number of nitrogens with two attached hydrogens (primary N) is 1. The fourth-order valence-corrected chi connectivity index (χ4v) is 3.82. The van der Waals surface area contributed by atoms with E-state index in [1.165, 1.54) is 0 Å². The number of pyridine rings is 2. The molecule has 0 radical (unpaired) electrons. The van der Waals surface area contributed by atoms with E-state index in [-0.39, 0.29) is 5.78 Å². The number of aryl methyl sites for hydroxylation is 1. The van der Waals surface area contributed by atoms with Gasteiger partial charge in [0.25, 0.3) is 0 Å². The molecule has 3 rings (SSSR count). The van der Waals surface area contributed by atoms with Gasteiger partial charge in [-0.3, -0.25) is 9.78 Å². The summed E-state index contributed by atoms with van der Waals surface area (Å²) in [6.45, 7) is 9.31. The molecule has 2 aromatic heterocycles. The van der Waals surface area contributed by atoms with Gasteiger partial charge in [0.1, 0.15) is 5.82 Å². The standard InChI is InChI=1S/C23H29N3O2.C2H6/c1-3-5-18-14-21(19-8-9-22(24)25-15-19)26-20(23(18)16(2)27)7-4-6-17-10-12-28-13-11-17;1-2/h3,5,8-9,14-15,17H,4,6-7,10-13H2,1-2H3,(H2,24,25);1-2H3/b5-3-;. The molecule has 5 nitrogen and oxygen atoms in total. The minimum absolute atomic E-state index is 0.0589. The van der Waals surface area contributed by atoms with Crippen LogP contribution in [-0.2, 0) is 11.2 Å². The highest BCUT2D eigenvalue weighted by molar-refractivity contribution is 5.99. The summed E-state index contributed by atoms with van der Waals surface area (Å²) in [6, 6.07) is 5.66. The molecule has 2 aromatic rings. The average Bonchev–Trinajstić information content (AvgIpc) is 2.76. The molecule has 0 aromatic carbocycles. The normalized spacial score (nSPS) is 14.4. The molecule has 0 saturated carbocycles. The van der Waals surface area contributed by atoms with Crippen molar-refractivity contribution in [1.82, 2.24) is 9.97 Å². The van der Waals surface area contributed by atoms with Gasteiger partial charge >= 0.3 is 0 Å². The number of rotatable bonds is 7. The van der Waals surface area contributed by atoms with E-state index in [4.69, 9.17) is 15.5 Å². The predicted octanol–water partition coefficient (Wildman–Crippen LogP) is 5.74. The van der Waals surface area contributed by atoms with Crippen LogP contribution < -0.4 is 5.73 Å². The van der Waals surface area contributed by atoms with Gasteiger partial charge in [-0.2, -0.15) is 0 Å². The number of anilines is 1. The molecular formula is C25H35N3O2. The quantitative estimate of drug-likeness (QED) is 0.590. The average molecular weight is 410 g/mol. The third-order valence-electron chi connectivity index (χ3n) is 5.27. The fraction of sp³-hybridized carbons (Fsp3) is 0.480. The van der Waals surface area contributed by atoms with E-state index >= 15 is 0 Å². The summed E-state index contributed by atoms with van der Waals surface area (Å²) in [5.74, 6) is 1.26. The SMILES string of the molecule is C/C=C\c1cc(-c2ccc(N)nc2)nc(CCCC2CCOCC2)c1C(C)=O.CC. The van der Waals surface area contributed by atoms with Gasteiger partial charge in [-0.1, -0.05) is 26.0 Å². The molecule has 30 heavy (non-hydrogen) atoms. The molecule has 0 bridgehead atoms. The Morgan fingerprint density at radius 1 is 1.27 bits per heavy atom. The summed E-state index contributed by atoms with van der Waals surface area (Å²) in [7, 11) is 0. The number of carbonyl (C=O) groups excluding carboxylic acids is 1. The lowest BCUT2D eigenvalue weighted by molar-refractivity contribution is 0.0633. The second kappa shape index (κ2) is 12.2. The molecule has 0 spiro atoms. The van der Waals surface area contributed by atoms with Gasteiger partial charge in [-0.15, -0.1) is 0 Å². The van der Waals surface area contributed by atoms with Crippen LogP contribution in [-0.4, -0.2) is 29.0 Å². The van der Waals surface area contributed by atoms with Crippen LogP contribution in [0.2, 0.25) is 0 Å². The number of ketones is 1. The molecule has 1 fully saturated rings. The van der Waals surface area contributed by atoms with Gasteiger partial charge in [0, 0.05) is 30.5 Å². The number of hydrogen-bond acceptors (Lipinski definition) is 5. The summed E-state index contributed by atoms with van der Waals surface area (Å²) in [4.78, 5) is 21.4. The summed E-state index contributed by atoms with van der Waals surface area (Å²) in [5, 5.41) is 0. The van der Waals surface area contributed by atoms with E-state index in [2.05, 4.69) is 4.98 Å². The van der Waals surface area contributed by atoms with E-state index < -0.39 is 0 Å². The number of nitrogens with zero attached hydrogens (tertiary/aromatic N) is 2. The molecule has 3 heterocycles. The zero-order valence-electron chi connectivity index (χ0n) is 18.8. The van der Waals surface area contributed by atoms with Crippen molar-refractivity contribution in [3.63, 3.8) is 0 Å². The number of aromatic nitrogens is 2. The number of ether oxygens (including phenoxy) is 1. The second-order valence-corrected chi connectivity index (χ2v) is 7.39. The van der Waals surface area contributed by atoms with Crippen LogP contribution in [0.15, 0.2) is 30.5 Å². The van der Waals surface area contributed by atoms with Crippen LogP contribution in [0.4, 0.5) is 5.82 Å². The van der Waals surface area contributed by atoms with E-state index in [0.717, 1.165) is 73.4 Å². The topological polar surface area (TPSA) is 78.1 Å². The van der Waals surface area contributed by atoms with E-state index in [1.54, 1.807) is 19.2 Å². The zero-order chi connectivity index (χ0) is 21.9. The summed E-state index contributed by atoms with van der Waals surface area (Å²) in [6.07, 6.45) is 10.9. The molecule has 5 heteroatoms. The Labute approximate surface area is 180 Å². The maximum atomic E-state index is 12.4. The highest BCUT2D eigenvalue weighted by Crippen LogP contribution is 2.27. The monoisotopic (exact) mass is 409 g/mol. The Balaban J connectivity index is 0.00000155. The minimum Gasteiger partial charge on any atom is -0.384 e. The van der Waals surface area contributed by atoms with Crippen molar-refractivity contribution in [2.45, 2.75) is 59.8 Å². The molecule has 162 valence electrons. The largest absolute Gasteiger partial charge is 0.384 e. The predicted molar refractivity (Wildman–Crippen MR) is 124 cm³/mol. The second-order valence-electron chi connectivity index (χ2n) is 7.39. The Hall–Kier alpha value is -2.53. The smallest absolute Gasteiger partial charge is 0.162 e. The minimum atomic E-state index is 0.0589. The van der Waals surface area contributed by atoms with Crippen molar-refractivity contribution < 1.29 is 9.53 Å². The maximum absolute atomic E-state index is 12.4. The Kier molecular flexibility index (Phi) is 9.68. The van der Waals surface area contributed by atoms with Crippen molar-refractivity contribution in [3.8, 4) is 11.3 Å². The van der Waals surface area contributed by atoms with Crippen molar-refractivity contribution in [2.75, 3.05) is 18.9 Å². The number of Topliss-reactive ketones (excluding diaryl/α,β-unsaturated/α-hetero) is 1. The molecule has 2 N–H and O–H groups in total. The van der Waals surface area contributed by atoms with Gasteiger partial charge < -0.3 is 10.5 Å². The molecule has 1 aliphatic rings. The van der Waals surface area contributed by atoms with Gasteiger partial charge in [0.05, 0.1) is 11.4 Å². The fourth-order valence-electron chi connectivity index (χ4n) is 3.82. The van der Waals surface area contributed by atoms with Crippen LogP contribution in [0.3, 0.4) is 0 Å². The van der Waals surface area contributed by atoms with Gasteiger partial charge in [-0.05, 0) is 75.6 Å². The Bertz CT molecular complexity index is 838. The first kappa shape index (κ1) is 23.7. The number of hydrogen-bond donors (Lipinski definition) is 1. The third kappa shape index (κ3) is 6.49. The van der Waals surface area contributed by atoms with Crippen LogP contribution in [0.25, 0.3) is 17.3 Å². The van der Waals surface area contributed by atoms with Crippen molar-refractivity contribution >= 4 is 17.7 Å². The lowest BCUT2D eigenvalue weighted by Crippen LogP contribution is -2.16. The molecule has 0 aliphatic carbocycles. The van der Waals surface area contributed by atoms with Crippen LogP contribution in [0.1, 0.15) is 75.0 Å². The molecular weight excluding hydrogens is 374 g/mol. The Morgan fingerprint density at radius 2 is 2.00 bits per heavy atom. The van der Waals surface area contributed by atoms with Crippen molar-refractivity contribution in [2.24, 2.45) is 5.92 Å². The molecule has 1 saturated heterocycles. The highest BCUT2D eigenvalue weighted by Gasteiger charge is 2.18. The van der Waals surface area contributed by atoms with Crippen molar-refractivity contribution in [3.05, 3.63) is 47.3 Å². The zero-order valence-corrected chi connectivity index (χ0v) is 18.8. The van der Waals surface area contributed by atoms with Gasteiger partial charge in [0.15, 0.2) is 5.78 Å². The van der Waals surface area contributed by atoms with Crippen LogP contribution in [0.5, 0.6) is 0 Å². The first-order chi connectivity index (χ1) is 14.6. The van der Waals surface area contributed by atoms with E-state index in [1.807, 2.05) is 45.1 Å².